The van der Waals surface area contributed by atoms with Crippen LogP contribution in [-0.2, 0) is 5.60 Å². The number of nitrogens with one attached hydrogen (secondary N) is 2. The molecule has 2 unspecified atom stereocenters. The highest BCUT2D eigenvalue weighted by atomic mass is 19.3. The third kappa shape index (κ3) is 5.63. The average molecular weight is 422 g/mol. The summed E-state index contributed by atoms with van der Waals surface area (Å²) in [5.74, 6) is 1.20. The van der Waals surface area contributed by atoms with Gasteiger partial charge in [0.2, 0.25) is 0 Å². The van der Waals surface area contributed by atoms with Gasteiger partial charge >= 0.3 is 6.61 Å². The van der Waals surface area contributed by atoms with Gasteiger partial charge in [-0.15, -0.1) is 0 Å². The highest BCUT2D eigenvalue weighted by Gasteiger charge is 2.28. The first kappa shape index (κ1) is 21.9. The summed E-state index contributed by atoms with van der Waals surface area (Å²) < 4.78 is 35.3. The number of rotatable bonds is 8. The Balaban J connectivity index is 1.64. The van der Waals surface area contributed by atoms with Crippen LogP contribution < -0.4 is 20.3 Å². The molecule has 1 fully saturated rings. The van der Waals surface area contributed by atoms with Crippen molar-refractivity contribution in [1.82, 2.24) is 10.6 Å². The molecular weight excluding hydrogens is 394 g/mol. The number of alkyl halides is 2. The molecule has 2 heterocycles. The van der Waals surface area contributed by atoms with Crippen molar-refractivity contribution in [3.63, 3.8) is 0 Å². The maximum absolute atomic E-state index is 12.7. The van der Waals surface area contributed by atoms with E-state index in [9.17, 15) is 13.9 Å². The molecule has 2 atom stereocenters. The molecule has 1 aliphatic rings. The number of nitrogens with zero attached hydrogens (tertiary/aromatic N) is 2. The van der Waals surface area contributed by atoms with Crippen LogP contribution in [-0.4, -0.2) is 49.9 Å². The fourth-order valence-corrected chi connectivity index (χ4v) is 3.42. The Morgan fingerprint density at radius 2 is 2.17 bits per heavy atom. The van der Waals surface area contributed by atoms with Gasteiger partial charge in [-0.2, -0.15) is 8.78 Å². The maximum atomic E-state index is 12.7. The molecule has 0 saturated carbocycles. The molecule has 0 bridgehead atoms. The zero-order valence-electron chi connectivity index (χ0n) is 17.1. The van der Waals surface area contributed by atoms with Crippen molar-refractivity contribution in [2.75, 3.05) is 31.1 Å². The van der Waals surface area contributed by atoms with Crippen LogP contribution in [0.4, 0.5) is 14.5 Å². The highest BCUT2D eigenvalue weighted by molar-refractivity contribution is 5.80. The molecule has 1 aliphatic heterocycles. The molecule has 1 aromatic heterocycles. The van der Waals surface area contributed by atoms with E-state index in [2.05, 4.69) is 20.4 Å². The van der Waals surface area contributed by atoms with Gasteiger partial charge in [-0.3, -0.25) is 0 Å². The molecular formula is C21H28F2N4O3. The van der Waals surface area contributed by atoms with E-state index in [1.54, 1.807) is 43.3 Å². The number of ether oxygens (including phenoxy) is 1. The van der Waals surface area contributed by atoms with Crippen molar-refractivity contribution in [2.24, 2.45) is 4.99 Å². The summed E-state index contributed by atoms with van der Waals surface area (Å²) in [4.78, 5) is 6.51. The van der Waals surface area contributed by atoms with E-state index in [0.717, 1.165) is 6.42 Å². The quantitative estimate of drug-likeness (QED) is 0.448. The monoisotopic (exact) mass is 422 g/mol. The van der Waals surface area contributed by atoms with E-state index >= 15 is 0 Å². The Kier molecular flexibility index (Phi) is 7.15. The minimum Gasteiger partial charge on any atom is -0.466 e. The summed E-state index contributed by atoms with van der Waals surface area (Å²) in [5, 5.41) is 17.1. The number of aliphatic imine (C=N–C) groups is 1. The van der Waals surface area contributed by atoms with Crippen LogP contribution in [0.3, 0.4) is 0 Å². The lowest BCUT2D eigenvalue weighted by Gasteiger charge is -2.23. The SMILES string of the molecule is CCNC(=NCC(C)(O)c1ccco1)NC1CCN(c2ccccc2OC(F)F)C1. The van der Waals surface area contributed by atoms with Crippen molar-refractivity contribution in [2.45, 2.75) is 38.5 Å². The topological polar surface area (TPSA) is 82.3 Å². The Bertz CT molecular complexity index is 827. The largest absolute Gasteiger partial charge is 0.466 e. The van der Waals surface area contributed by atoms with Gasteiger partial charge in [-0.25, -0.2) is 4.99 Å². The predicted octanol–water partition coefficient (Wildman–Crippen LogP) is 2.92. The van der Waals surface area contributed by atoms with Crippen LogP contribution in [0.15, 0.2) is 52.1 Å². The second-order valence-electron chi connectivity index (χ2n) is 7.37. The molecule has 30 heavy (non-hydrogen) atoms. The molecule has 164 valence electrons. The van der Waals surface area contributed by atoms with Crippen molar-refractivity contribution in [3.8, 4) is 5.75 Å². The van der Waals surface area contributed by atoms with Crippen LogP contribution in [0.5, 0.6) is 5.75 Å². The zero-order chi connectivity index (χ0) is 21.6. The molecule has 9 heteroatoms. The molecule has 7 nitrogen and oxygen atoms in total. The summed E-state index contributed by atoms with van der Waals surface area (Å²) >= 11 is 0. The summed E-state index contributed by atoms with van der Waals surface area (Å²) in [6, 6.07) is 10.3. The first-order valence-corrected chi connectivity index (χ1v) is 9.99. The normalized spacial score (nSPS) is 19.1. The van der Waals surface area contributed by atoms with Gasteiger partial charge in [-0.1, -0.05) is 12.1 Å². The Hall–Kier alpha value is -2.81. The second kappa shape index (κ2) is 9.80. The van der Waals surface area contributed by atoms with E-state index < -0.39 is 12.2 Å². The molecule has 0 amide bonds. The van der Waals surface area contributed by atoms with E-state index in [1.807, 2.05) is 11.8 Å². The third-order valence-electron chi connectivity index (χ3n) is 4.89. The van der Waals surface area contributed by atoms with Crippen molar-refractivity contribution in [1.29, 1.82) is 0 Å². The Morgan fingerprint density at radius 3 is 2.87 bits per heavy atom. The van der Waals surface area contributed by atoms with E-state index in [4.69, 9.17) is 4.42 Å². The number of para-hydroxylation sites is 2. The standard InChI is InChI=1S/C21H28F2N4O3/c1-3-24-20(25-14-21(2,28)18-9-6-12-29-18)26-15-10-11-27(13-15)16-7-4-5-8-17(16)30-19(22)23/h4-9,12,15,19,28H,3,10-11,13-14H2,1-2H3,(H2,24,25,26). The van der Waals surface area contributed by atoms with Gasteiger partial charge in [0, 0.05) is 25.7 Å². The second-order valence-corrected chi connectivity index (χ2v) is 7.37. The van der Waals surface area contributed by atoms with Crippen LogP contribution in [0, 0.1) is 0 Å². The number of halogens is 2. The lowest BCUT2D eigenvalue weighted by Crippen LogP contribution is -2.45. The summed E-state index contributed by atoms with van der Waals surface area (Å²) in [6.07, 6.45) is 2.32. The molecule has 2 aromatic rings. The molecule has 3 N–H and O–H groups in total. The van der Waals surface area contributed by atoms with E-state index in [1.165, 1.54) is 6.26 Å². The minimum absolute atomic E-state index is 0.0657. The smallest absolute Gasteiger partial charge is 0.387 e. The lowest BCUT2D eigenvalue weighted by molar-refractivity contribution is -0.0495. The molecule has 0 aliphatic carbocycles. The number of benzene rings is 1. The number of hydrogen-bond donors (Lipinski definition) is 3. The van der Waals surface area contributed by atoms with Crippen LogP contribution in [0.1, 0.15) is 26.0 Å². The number of anilines is 1. The fraction of sp³-hybridized carbons (Fsp3) is 0.476. The fourth-order valence-electron chi connectivity index (χ4n) is 3.42. The first-order valence-electron chi connectivity index (χ1n) is 9.99. The number of furan rings is 1. The van der Waals surface area contributed by atoms with Gasteiger partial charge < -0.3 is 29.8 Å². The Labute approximate surface area is 174 Å². The lowest BCUT2D eigenvalue weighted by atomic mass is 10.0. The number of aliphatic hydroxyl groups is 1. The van der Waals surface area contributed by atoms with Crippen LogP contribution >= 0.6 is 0 Å². The highest BCUT2D eigenvalue weighted by Crippen LogP contribution is 2.31. The Morgan fingerprint density at radius 1 is 1.37 bits per heavy atom. The van der Waals surface area contributed by atoms with E-state index in [0.29, 0.717) is 37.0 Å². The van der Waals surface area contributed by atoms with Gasteiger partial charge in [0.25, 0.3) is 0 Å². The summed E-state index contributed by atoms with van der Waals surface area (Å²) in [6.45, 7) is 2.84. The summed E-state index contributed by atoms with van der Waals surface area (Å²) in [5.41, 5.74) is -0.580. The van der Waals surface area contributed by atoms with E-state index in [-0.39, 0.29) is 18.3 Å². The van der Waals surface area contributed by atoms with Crippen molar-refractivity contribution >= 4 is 11.6 Å². The predicted molar refractivity (Wildman–Crippen MR) is 111 cm³/mol. The van der Waals surface area contributed by atoms with Gasteiger partial charge in [0.1, 0.15) is 17.1 Å². The first-order chi connectivity index (χ1) is 14.4. The maximum Gasteiger partial charge on any atom is 0.387 e. The van der Waals surface area contributed by atoms with Gasteiger partial charge in [-0.05, 0) is 44.5 Å². The summed E-state index contributed by atoms with van der Waals surface area (Å²) in [7, 11) is 0. The molecule has 0 radical (unpaired) electrons. The van der Waals surface area contributed by atoms with Crippen molar-refractivity contribution in [3.05, 3.63) is 48.4 Å². The minimum atomic E-state index is -2.86. The molecule has 0 spiro atoms. The zero-order valence-corrected chi connectivity index (χ0v) is 17.1. The van der Waals surface area contributed by atoms with Crippen molar-refractivity contribution < 1.29 is 23.0 Å². The molecule has 1 saturated heterocycles. The molecule has 3 rings (SSSR count). The van der Waals surface area contributed by atoms with Crippen LogP contribution in [0.25, 0.3) is 0 Å². The number of guanidine groups is 1. The third-order valence-corrected chi connectivity index (χ3v) is 4.89. The van der Waals surface area contributed by atoms with Crippen LogP contribution in [0.2, 0.25) is 0 Å². The number of hydrogen-bond acceptors (Lipinski definition) is 5. The van der Waals surface area contributed by atoms with Gasteiger partial charge in [0.15, 0.2) is 5.96 Å². The molecule has 1 aromatic carbocycles. The average Bonchev–Trinajstić information content (AvgIpc) is 3.39. The van der Waals surface area contributed by atoms with Gasteiger partial charge in [0.05, 0.1) is 18.5 Å².